The van der Waals surface area contributed by atoms with Crippen molar-refractivity contribution in [2.45, 2.75) is 13.8 Å². The highest BCUT2D eigenvalue weighted by Crippen LogP contribution is 2.15. The van der Waals surface area contributed by atoms with Gasteiger partial charge in [0, 0.05) is 29.7 Å². The van der Waals surface area contributed by atoms with Crippen LogP contribution in [0.15, 0.2) is 48.8 Å². The molecule has 0 radical (unpaired) electrons. The van der Waals surface area contributed by atoms with Crippen molar-refractivity contribution in [1.29, 1.82) is 0 Å². The van der Waals surface area contributed by atoms with E-state index in [1.807, 2.05) is 67.2 Å². The van der Waals surface area contributed by atoms with Crippen LogP contribution in [0.4, 0.5) is 5.69 Å². The highest BCUT2D eigenvalue weighted by atomic mass is 16.1. The lowest BCUT2D eigenvalue weighted by Crippen LogP contribution is -2.17. The lowest BCUT2D eigenvalue weighted by Gasteiger charge is -2.09. The number of nitrogens with zero attached hydrogens (tertiary/aromatic N) is 1. The molecule has 0 aliphatic heterocycles. The lowest BCUT2D eigenvalue weighted by atomic mass is 10.2. The Hall–Kier alpha value is -2.03. The SMILES string of the molecule is CC(C)C(=O)Nc1cccc(-n2cccc2)c1. The molecule has 0 aliphatic rings. The van der Waals surface area contributed by atoms with E-state index in [2.05, 4.69) is 5.32 Å². The molecule has 0 bridgehead atoms. The van der Waals surface area contributed by atoms with E-state index in [1.54, 1.807) is 0 Å². The number of nitrogens with one attached hydrogen (secondary N) is 1. The van der Waals surface area contributed by atoms with Crippen molar-refractivity contribution in [2.75, 3.05) is 5.32 Å². The third kappa shape index (κ3) is 2.75. The Labute approximate surface area is 101 Å². The summed E-state index contributed by atoms with van der Waals surface area (Å²) in [5, 5.41) is 2.89. The van der Waals surface area contributed by atoms with Gasteiger partial charge >= 0.3 is 0 Å². The highest BCUT2D eigenvalue weighted by molar-refractivity contribution is 5.92. The Morgan fingerprint density at radius 1 is 1.18 bits per heavy atom. The average molecular weight is 228 g/mol. The minimum absolute atomic E-state index is 0.00904. The summed E-state index contributed by atoms with van der Waals surface area (Å²) in [5.41, 5.74) is 1.87. The monoisotopic (exact) mass is 228 g/mol. The zero-order valence-corrected chi connectivity index (χ0v) is 10.1. The molecule has 0 aliphatic carbocycles. The Morgan fingerprint density at radius 2 is 1.88 bits per heavy atom. The van der Waals surface area contributed by atoms with E-state index in [0.717, 1.165) is 11.4 Å². The first-order valence-corrected chi connectivity index (χ1v) is 5.71. The number of carbonyl (C=O) groups excluding carboxylic acids is 1. The van der Waals surface area contributed by atoms with Gasteiger partial charge in [0.05, 0.1) is 0 Å². The number of benzene rings is 1. The normalized spacial score (nSPS) is 10.5. The molecule has 88 valence electrons. The molecule has 0 spiro atoms. The number of amides is 1. The fourth-order valence-corrected chi connectivity index (χ4v) is 1.54. The molecule has 0 unspecified atom stereocenters. The van der Waals surface area contributed by atoms with E-state index in [0.29, 0.717) is 0 Å². The molecule has 1 amide bonds. The average Bonchev–Trinajstić information content (AvgIpc) is 2.82. The summed E-state index contributed by atoms with van der Waals surface area (Å²) in [6.45, 7) is 3.76. The van der Waals surface area contributed by atoms with E-state index in [9.17, 15) is 4.79 Å². The van der Waals surface area contributed by atoms with Crippen molar-refractivity contribution < 1.29 is 4.79 Å². The van der Waals surface area contributed by atoms with E-state index in [1.165, 1.54) is 0 Å². The molecule has 1 aromatic heterocycles. The first-order valence-electron chi connectivity index (χ1n) is 5.71. The van der Waals surface area contributed by atoms with Gasteiger partial charge in [0.2, 0.25) is 5.91 Å². The van der Waals surface area contributed by atoms with Gasteiger partial charge < -0.3 is 9.88 Å². The minimum atomic E-state index is -0.00904. The van der Waals surface area contributed by atoms with Crippen LogP contribution in [0.5, 0.6) is 0 Å². The molecule has 3 heteroatoms. The summed E-state index contributed by atoms with van der Waals surface area (Å²) in [6.07, 6.45) is 3.95. The van der Waals surface area contributed by atoms with Crippen molar-refractivity contribution in [3.05, 3.63) is 48.8 Å². The smallest absolute Gasteiger partial charge is 0.226 e. The molecule has 3 nitrogen and oxygen atoms in total. The maximum absolute atomic E-state index is 11.6. The number of hydrogen-bond donors (Lipinski definition) is 1. The van der Waals surface area contributed by atoms with Crippen molar-refractivity contribution in [3.8, 4) is 5.69 Å². The van der Waals surface area contributed by atoms with Crippen LogP contribution in [0.3, 0.4) is 0 Å². The zero-order chi connectivity index (χ0) is 12.3. The molecule has 2 aromatic rings. The van der Waals surface area contributed by atoms with Crippen LogP contribution in [-0.4, -0.2) is 10.5 Å². The molecule has 2 rings (SSSR count). The summed E-state index contributed by atoms with van der Waals surface area (Å²) in [4.78, 5) is 11.6. The van der Waals surface area contributed by atoms with Crippen LogP contribution >= 0.6 is 0 Å². The molecule has 1 heterocycles. The number of anilines is 1. The van der Waals surface area contributed by atoms with Gasteiger partial charge in [-0.3, -0.25) is 4.79 Å². The van der Waals surface area contributed by atoms with Crippen LogP contribution in [0.25, 0.3) is 5.69 Å². The fourth-order valence-electron chi connectivity index (χ4n) is 1.54. The maximum atomic E-state index is 11.6. The Bertz CT molecular complexity index is 501. The van der Waals surface area contributed by atoms with Gasteiger partial charge in [-0.15, -0.1) is 0 Å². The third-order valence-corrected chi connectivity index (χ3v) is 2.54. The predicted octanol–water partition coefficient (Wildman–Crippen LogP) is 3.07. The highest BCUT2D eigenvalue weighted by Gasteiger charge is 2.07. The molecule has 1 N–H and O–H groups in total. The van der Waals surface area contributed by atoms with E-state index >= 15 is 0 Å². The lowest BCUT2D eigenvalue weighted by molar-refractivity contribution is -0.118. The van der Waals surface area contributed by atoms with Crippen molar-refractivity contribution in [3.63, 3.8) is 0 Å². The topological polar surface area (TPSA) is 34.0 Å². The van der Waals surface area contributed by atoms with Crippen LogP contribution in [0.2, 0.25) is 0 Å². The van der Waals surface area contributed by atoms with Crippen LogP contribution in [0, 0.1) is 5.92 Å². The number of hydrogen-bond acceptors (Lipinski definition) is 1. The Kier molecular flexibility index (Phi) is 3.28. The Morgan fingerprint density at radius 3 is 2.53 bits per heavy atom. The van der Waals surface area contributed by atoms with Gasteiger partial charge in [-0.2, -0.15) is 0 Å². The maximum Gasteiger partial charge on any atom is 0.226 e. The minimum Gasteiger partial charge on any atom is -0.326 e. The van der Waals surface area contributed by atoms with Gasteiger partial charge in [-0.05, 0) is 30.3 Å². The molecule has 17 heavy (non-hydrogen) atoms. The zero-order valence-electron chi connectivity index (χ0n) is 10.1. The third-order valence-electron chi connectivity index (χ3n) is 2.54. The van der Waals surface area contributed by atoms with Gasteiger partial charge in [0.15, 0.2) is 0 Å². The number of aromatic nitrogens is 1. The van der Waals surface area contributed by atoms with Crippen molar-refractivity contribution in [1.82, 2.24) is 4.57 Å². The second-order valence-electron chi connectivity index (χ2n) is 4.28. The second kappa shape index (κ2) is 4.87. The summed E-state index contributed by atoms with van der Waals surface area (Å²) in [6, 6.07) is 11.7. The number of rotatable bonds is 3. The molecule has 0 fully saturated rings. The van der Waals surface area contributed by atoms with Crippen LogP contribution in [-0.2, 0) is 4.79 Å². The molecular formula is C14H16N2O. The van der Waals surface area contributed by atoms with Crippen LogP contribution in [0.1, 0.15) is 13.8 Å². The fraction of sp³-hybridized carbons (Fsp3) is 0.214. The molecule has 0 atom stereocenters. The van der Waals surface area contributed by atoms with E-state index in [4.69, 9.17) is 0 Å². The predicted molar refractivity (Wildman–Crippen MR) is 69.2 cm³/mol. The largest absolute Gasteiger partial charge is 0.326 e. The summed E-state index contributed by atoms with van der Waals surface area (Å²) < 4.78 is 2.00. The quantitative estimate of drug-likeness (QED) is 0.860. The van der Waals surface area contributed by atoms with Gasteiger partial charge in [-0.1, -0.05) is 19.9 Å². The standard InChI is InChI=1S/C14H16N2O/c1-11(2)14(17)15-12-6-5-7-13(10-12)16-8-3-4-9-16/h3-11H,1-2H3,(H,15,17). The first-order chi connectivity index (χ1) is 8.16. The summed E-state index contributed by atoms with van der Waals surface area (Å²) in [5.74, 6) is 0.0277. The van der Waals surface area contributed by atoms with E-state index in [-0.39, 0.29) is 11.8 Å². The van der Waals surface area contributed by atoms with Crippen molar-refractivity contribution in [2.24, 2.45) is 5.92 Å². The molecule has 0 saturated carbocycles. The van der Waals surface area contributed by atoms with Crippen molar-refractivity contribution >= 4 is 11.6 Å². The van der Waals surface area contributed by atoms with Gasteiger partial charge in [0.25, 0.3) is 0 Å². The molecule has 1 aromatic carbocycles. The summed E-state index contributed by atoms with van der Waals surface area (Å²) in [7, 11) is 0. The number of carbonyl (C=O) groups is 1. The summed E-state index contributed by atoms with van der Waals surface area (Å²) >= 11 is 0. The van der Waals surface area contributed by atoms with Gasteiger partial charge in [0.1, 0.15) is 0 Å². The van der Waals surface area contributed by atoms with Crippen LogP contribution < -0.4 is 5.32 Å². The molecule has 0 saturated heterocycles. The molecular weight excluding hydrogens is 212 g/mol. The van der Waals surface area contributed by atoms with Gasteiger partial charge in [-0.25, -0.2) is 0 Å². The second-order valence-corrected chi connectivity index (χ2v) is 4.28. The Balaban J connectivity index is 2.20. The first kappa shape index (κ1) is 11.5. The van der Waals surface area contributed by atoms with E-state index < -0.39 is 0 Å².